The van der Waals surface area contributed by atoms with E-state index in [-0.39, 0.29) is 11.3 Å². The first-order valence-corrected chi connectivity index (χ1v) is 5.91. The summed E-state index contributed by atoms with van der Waals surface area (Å²) in [5.74, 6) is -0.967. The van der Waals surface area contributed by atoms with Gasteiger partial charge in [0.25, 0.3) is 0 Å². The summed E-state index contributed by atoms with van der Waals surface area (Å²) in [5, 5.41) is 0. The zero-order chi connectivity index (χ0) is 11.7. The Balaban J connectivity index is 2.46. The van der Waals surface area contributed by atoms with Crippen LogP contribution in [-0.2, 0) is 0 Å². The summed E-state index contributed by atoms with van der Waals surface area (Å²) in [5.41, 5.74) is -0.0150. The summed E-state index contributed by atoms with van der Waals surface area (Å²) >= 11 is 6.28. The van der Waals surface area contributed by atoms with Gasteiger partial charge in [0.15, 0.2) is 5.76 Å². The van der Waals surface area contributed by atoms with Gasteiger partial charge in [-0.15, -0.1) is 0 Å². The van der Waals surface area contributed by atoms with E-state index in [0.717, 1.165) is 0 Å². The highest BCUT2D eigenvalue weighted by Crippen LogP contribution is 2.23. The average Bonchev–Trinajstić information content (AvgIpc) is 2.63. The van der Waals surface area contributed by atoms with Crippen molar-refractivity contribution >= 4 is 37.6 Å². The Bertz CT molecular complexity index is 549. The van der Waals surface area contributed by atoms with E-state index in [1.165, 1.54) is 18.4 Å². The number of halogens is 3. The Hall–Kier alpha value is -0.940. The predicted octanol–water partition coefficient (Wildman–Crippen LogP) is 4.17. The third-order valence-corrected chi connectivity index (χ3v) is 3.12. The lowest BCUT2D eigenvalue weighted by atomic mass is 10.1. The summed E-state index contributed by atoms with van der Waals surface area (Å²) in [6.45, 7) is 0. The van der Waals surface area contributed by atoms with E-state index in [9.17, 15) is 9.18 Å². The highest BCUT2D eigenvalue weighted by molar-refractivity contribution is 9.10. The molecule has 5 heteroatoms. The van der Waals surface area contributed by atoms with Crippen LogP contribution in [0, 0.1) is 5.82 Å². The molecular weight excluding hydrogens is 343 g/mol. The minimum absolute atomic E-state index is 0.0150. The number of carbonyl (C=O) groups excluding carboxylic acids is 1. The Labute approximate surface area is 108 Å². The molecule has 16 heavy (non-hydrogen) atoms. The van der Waals surface area contributed by atoms with Crippen molar-refractivity contribution in [2.24, 2.45) is 0 Å². The number of ketones is 1. The van der Waals surface area contributed by atoms with Gasteiger partial charge in [-0.05, 0) is 40.2 Å². The van der Waals surface area contributed by atoms with E-state index < -0.39 is 11.6 Å². The summed E-state index contributed by atoms with van der Waals surface area (Å²) in [4.78, 5) is 11.9. The van der Waals surface area contributed by atoms with Gasteiger partial charge in [0.1, 0.15) is 5.82 Å². The van der Waals surface area contributed by atoms with Crippen molar-refractivity contribution in [1.29, 1.82) is 0 Å². The van der Waals surface area contributed by atoms with Crippen molar-refractivity contribution in [2.75, 3.05) is 0 Å². The lowest BCUT2D eigenvalue weighted by Crippen LogP contribution is -2.03. The summed E-state index contributed by atoms with van der Waals surface area (Å²) in [7, 11) is 0. The number of carbonyl (C=O) groups is 1. The van der Waals surface area contributed by atoms with Crippen LogP contribution in [0.5, 0.6) is 0 Å². The quantitative estimate of drug-likeness (QED) is 0.763. The molecule has 0 amide bonds. The van der Waals surface area contributed by atoms with Gasteiger partial charge in [0, 0.05) is 4.47 Å². The fourth-order valence-electron chi connectivity index (χ4n) is 1.25. The first-order valence-electron chi connectivity index (χ1n) is 4.32. The van der Waals surface area contributed by atoms with Crippen LogP contribution in [0.3, 0.4) is 0 Å². The normalized spacial score (nSPS) is 10.4. The molecule has 0 bridgehead atoms. The smallest absolute Gasteiger partial charge is 0.232 e. The van der Waals surface area contributed by atoms with E-state index >= 15 is 0 Å². The topological polar surface area (TPSA) is 30.2 Å². The van der Waals surface area contributed by atoms with Gasteiger partial charge in [-0.1, -0.05) is 15.9 Å². The molecule has 0 aliphatic rings. The van der Waals surface area contributed by atoms with Crippen LogP contribution in [0.4, 0.5) is 4.39 Å². The average molecular weight is 348 g/mol. The third-order valence-electron chi connectivity index (χ3n) is 2.00. The molecule has 0 N–H and O–H groups in total. The second-order valence-electron chi connectivity index (χ2n) is 3.05. The molecular formula is C11H5Br2FO2. The molecule has 1 aromatic heterocycles. The van der Waals surface area contributed by atoms with Crippen LogP contribution in [0.25, 0.3) is 0 Å². The van der Waals surface area contributed by atoms with Crippen LogP contribution in [0.1, 0.15) is 16.1 Å². The molecule has 0 radical (unpaired) electrons. The molecule has 2 aromatic rings. The second-order valence-corrected chi connectivity index (χ2v) is 4.82. The molecule has 82 valence electrons. The summed E-state index contributed by atoms with van der Waals surface area (Å²) < 4.78 is 19.6. The fourth-order valence-corrected chi connectivity index (χ4v) is 1.97. The minimum atomic E-state index is -0.581. The molecule has 1 aromatic carbocycles. The number of hydrogen-bond acceptors (Lipinski definition) is 2. The molecule has 0 unspecified atom stereocenters. The maximum absolute atomic E-state index is 13.5. The number of hydrogen-bond donors (Lipinski definition) is 0. The summed E-state index contributed by atoms with van der Waals surface area (Å²) in [6.07, 6.45) is 1.37. The third kappa shape index (κ3) is 2.10. The largest absolute Gasteiger partial charge is 0.460 e. The summed E-state index contributed by atoms with van der Waals surface area (Å²) in [6, 6.07) is 5.85. The first-order chi connectivity index (χ1) is 7.59. The van der Waals surface area contributed by atoms with Crippen molar-refractivity contribution in [2.45, 2.75) is 0 Å². The van der Waals surface area contributed by atoms with Gasteiger partial charge in [0.05, 0.1) is 16.3 Å². The molecule has 0 spiro atoms. The lowest BCUT2D eigenvalue weighted by Gasteiger charge is -2.01. The van der Waals surface area contributed by atoms with Gasteiger partial charge in [-0.2, -0.15) is 0 Å². The van der Waals surface area contributed by atoms with Crippen molar-refractivity contribution in [1.82, 2.24) is 0 Å². The van der Waals surface area contributed by atoms with Crippen LogP contribution >= 0.6 is 31.9 Å². The molecule has 0 aliphatic heterocycles. The van der Waals surface area contributed by atoms with Crippen molar-refractivity contribution in [3.05, 3.63) is 56.6 Å². The Morgan fingerprint density at radius 1 is 1.25 bits per heavy atom. The van der Waals surface area contributed by atoms with E-state index in [1.807, 2.05) is 0 Å². The minimum Gasteiger partial charge on any atom is -0.460 e. The van der Waals surface area contributed by atoms with Gasteiger partial charge in [-0.25, -0.2) is 4.39 Å². The van der Waals surface area contributed by atoms with Crippen molar-refractivity contribution in [3.8, 4) is 0 Å². The van der Waals surface area contributed by atoms with Crippen molar-refractivity contribution in [3.63, 3.8) is 0 Å². The van der Waals surface area contributed by atoms with E-state index in [4.69, 9.17) is 4.42 Å². The predicted molar refractivity (Wildman–Crippen MR) is 63.9 cm³/mol. The molecule has 1 heterocycles. The maximum atomic E-state index is 13.5. The lowest BCUT2D eigenvalue weighted by molar-refractivity contribution is 0.100. The van der Waals surface area contributed by atoms with Crippen LogP contribution < -0.4 is 0 Å². The van der Waals surface area contributed by atoms with Gasteiger partial charge in [0.2, 0.25) is 5.78 Å². The van der Waals surface area contributed by atoms with Gasteiger partial charge in [-0.3, -0.25) is 4.79 Å². The van der Waals surface area contributed by atoms with E-state index in [2.05, 4.69) is 31.9 Å². The highest BCUT2D eigenvalue weighted by atomic mass is 79.9. The van der Waals surface area contributed by atoms with E-state index in [1.54, 1.807) is 12.1 Å². The van der Waals surface area contributed by atoms with Gasteiger partial charge >= 0.3 is 0 Å². The molecule has 0 aliphatic carbocycles. The first kappa shape index (κ1) is 11.5. The zero-order valence-corrected chi connectivity index (χ0v) is 11.0. The van der Waals surface area contributed by atoms with Crippen LogP contribution in [0.2, 0.25) is 0 Å². The van der Waals surface area contributed by atoms with Crippen LogP contribution in [-0.4, -0.2) is 5.78 Å². The molecule has 2 rings (SSSR count). The standard InChI is InChI=1S/C11H5Br2FO2/c12-6-1-2-7(9(14)5-6)10(15)11-8(13)3-4-16-11/h1-5H. The monoisotopic (exact) mass is 346 g/mol. The number of rotatable bonds is 2. The SMILES string of the molecule is O=C(c1ccc(Br)cc1F)c1occc1Br. The van der Waals surface area contributed by atoms with E-state index in [0.29, 0.717) is 8.95 Å². The van der Waals surface area contributed by atoms with Crippen molar-refractivity contribution < 1.29 is 13.6 Å². The van der Waals surface area contributed by atoms with Crippen LogP contribution in [0.15, 0.2) is 43.9 Å². The molecule has 2 nitrogen and oxygen atoms in total. The highest BCUT2D eigenvalue weighted by Gasteiger charge is 2.19. The molecule has 0 saturated carbocycles. The number of benzene rings is 1. The Morgan fingerprint density at radius 3 is 2.56 bits per heavy atom. The fraction of sp³-hybridized carbons (Fsp3) is 0. The molecule has 0 saturated heterocycles. The zero-order valence-electron chi connectivity index (χ0n) is 7.84. The number of furan rings is 1. The molecule has 0 atom stereocenters. The molecule has 0 fully saturated rings. The maximum Gasteiger partial charge on any atom is 0.232 e. The van der Waals surface area contributed by atoms with Gasteiger partial charge < -0.3 is 4.42 Å². The Kier molecular flexibility index (Phi) is 3.25. The second kappa shape index (κ2) is 4.51. The Morgan fingerprint density at radius 2 is 2.00 bits per heavy atom.